The van der Waals surface area contributed by atoms with Crippen molar-refractivity contribution < 1.29 is 9.53 Å². The summed E-state index contributed by atoms with van der Waals surface area (Å²) in [6, 6.07) is 5.19. The van der Waals surface area contributed by atoms with Crippen molar-refractivity contribution in [2.75, 3.05) is 17.7 Å². The number of ether oxygens (including phenoxy) is 1. The number of benzene rings is 1. The maximum atomic E-state index is 12.4. The molecule has 2 N–H and O–H groups in total. The lowest BCUT2D eigenvalue weighted by Gasteiger charge is -2.12. The molecule has 0 aliphatic heterocycles. The second-order valence-corrected chi connectivity index (χ2v) is 8.65. The third kappa shape index (κ3) is 4.93. The van der Waals surface area contributed by atoms with Gasteiger partial charge in [-0.25, -0.2) is 4.79 Å². The molecule has 0 atom stereocenters. The lowest BCUT2D eigenvalue weighted by Crippen LogP contribution is -2.20. The molecule has 1 aromatic carbocycles. The van der Waals surface area contributed by atoms with E-state index in [9.17, 15) is 4.79 Å². The number of rotatable bonds is 3. The molecule has 144 valence electrons. The first-order valence-corrected chi connectivity index (χ1v) is 10.7. The van der Waals surface area contributed by atoms with E-state index in [0.29, 0.717) is 20.7 Å². The summed E-state index contributed by atoms with van der Waals surface area (Å²) >= 11 is 19.0. The van der Waals surface area contributed by atoms with Crippen LogP contribution in [0.1, 0.15) is 46.5 Å². The predicted molar refractivity (Wildman–Crippen MR) is 118 cm³/mol. The van der Waals surface area contributed by atoms with E-state index in [0.717, 1.165) is 41.9 Å². The number of hydrogen-bond donors (Lipinski definition) is 2. The minimum Gasteiger partial charge on any atom is -0.465 e. The number of nitrogens with one attached hydrogen (secondary N) is 2. The van der Waals surface area contributed by atoms with Crippen LogP contribution >= 0.6 is 46.8 Å². The first-order valence-electron chi connectivity index (χ1n) is 8.75. The zero-order valence-corrected chi connectivity index (χ0v) is 18.0. The Bertz CT molecular complexity index is 868. The molecule has 1 aliphatic rings. The third-order valence-corrected chi connectivity index (χ3v) is 6.62. The molecule has 1 aliphatic carbocycles. The van der Waals surface area contributed by atoms with Crippen LogP contribution in [-0.2, 0) is 17.6 Å². The van der Waals surface area contributed by atoms with Crippen molar-refractivity contribution in [3.05, 3.63) is 44.2 Å². The monoisotopic (exact) mass is 442 g/mol. The van der Waals surface area contributed by atoms with E-state index in [1.54, 1.807) is 29.5 Å². The number of hydrogen-bond acceptors (Lipinski definition) is 4. The average Bonchev–Trinajstić information content (AvgIpc) is 2.93. The van der Waals surface area contributed by atoms with Crippen LogP contribution in [0, 0.1) is 0 Å². The third-order valence-electron chi connectivity index (χ3n) is 4.47. The minimum absolute atomic E-state index is 0.326. The Labute approximate surface area is 178 Å². The highest BCUT2D eigenvalue weighted by atomic mass is 35.5. The normalized spacial score (nSPS) is 13.9. The quantitative estimate of drug-likeness (QED) is 0.430. The second kappa shape index (κ2) is 9.24. The van der Waals surface area contributed by atoms with E-state index in [1.807, 2.05) is 0 Å². The van der Waals surface area contributed by atoms with Gasteiger partial charge in [-0.1, -0.05) is 36.0 Å². The van der Waals surface area contributed by atoms with Crippen molar-refractivity contribution in [1.82, 2.24) is 0 Å². The SMILES string of the molecule is COC(=O)c1c(NC(=S)Nc2ccc(Cl)c(Cl)c2)sc2c1CCCCCC2. The average molecular weight is 443 g/mol. The van der Waals surface area contributed by atoms with Crippen LogP contribution in [-0.4, -0.2) is 18.2 Å². The first kappa shape index (κ1) is 20.4. The second-order valence-electron chi connectivity index (χ2n) is 6.32. The van der Waals surface area contributed by atoms with Gasteiger partial charge in [0.25, 0.3) is 0 Å². The van der Waals surface area contributed by atoms with Gasteiger partial charge >= 0.3 is 5.97 Å². The maximum absolute atomic E-state index is 12.4. The molecule has 0 bridgehead atoms. The number of carbonyl (C=O) groups is 1. The van der Waals surface area contributed by atoms with Gasteiger partial charge in [-0.05, 0) is 61.7 Å². The number of anilines is 2. The largest absolute Gasteiger partial charge is 0.465 e. The van der Waals surface area contributed by atoms with Gasteiger partial charge in [0.2, 0.25) is 0 Å². The van der Waals surface area contributed by atoms with Crippen molar-refractivity contribution in [2.45, 2.75) is 38.5 Å². The number of esters is 1. The molecule has 1 aromatic heterocycles. The molecule has 1 heterocycles. The molecule has 4 nitrogen and oxygen atoms in total. The number of aryl methyl sites for hydroxylation is 1. The number of carbonyl (C=O) groups excluding carboxylic acids is 1. The summed E-state index contributed by atoms with van der Waals surface area (Å²) in [6.45, 7) is 0. The summed E-state index contributed by atoms with van der Waals surface area (Å²) in [4.78, 5) is 13.7. The summed E-state index contributed by atoms with van der Waals surface area (Å²) in [5.41, 5.74) is 2.43. The molecule has 0 saturated carbocycles. The van der Waals surface area contributed by atoms with Gasteiger partial charge in [-0.15, -0.1) is 11.3 Å². The first-order chi connectivity index (χ1) is 13.0. The van der Waals surface area contributed by atoms with Gasteiger partial charge in [-0.2, -0.15) is 0 Å². The van der Waals surface area contributed by atoms with Gasteiger partial charge in [0, 0.05) is 10.6 Å². The van der Waals surface area contributed by atoms with Crippen molar-refractivity contribution in [1.29, 1.82) is 0 Å². The molecular weight excluding hydrogens is 423 g/mol. The summed E-state index contributed by atoms with van der Waals surface area (Å²) < 4.78 is 5.03. The lowest BCUT2D eigenvalue weighted by molar-refractivity contribution is 0.0601. The number of methoxy groups -OCH3 is 1. The van der Waals surface area contributed by atoms with Crippen molar-refractivity contribution >= 4 is 68.5 Å². The van der Waals surface area contributed by atoms with Crippen LogP contribution in [0.2, 0.25) is 10.0 Å². The maximum Gasteiger partial charge on any atom is 0.341 e. The fourth-order valence-corrected chi connectivity index (χ4v) is 5.03. The summed E-state index contributed by atoms with van der Waals surface area (Å²) in [5, 5.41) is 8.28. The molecule has 0 amide bonds. The van der Waals surface area contributed by atoms with E-state index >= 15 is 0 Å². The molecule has 0 spiro atoms. The van der Waals surface area contributed by atoms with Gasteiger partial charge in [0.1, 0.15) is 5.00 Å². The topological polar surface area (TPSA) is 50.4 Å². The minimum atomic E-state index is -0.326. The number of halogens is 2. The van der Waals surface area contributed by atoms with Gasteiger partial charge in [0.05, 0.1) is 22.7 Å². The van der Waals surface area contributed by atoms with Crippen LogP contribution in [0.15, 0.2) is 18.2 Å². The summed E-state index contributed by atoms with van der Waals surface area (Å²) in [6.07, 6.45) is 6.52. The number of thiophene rings is 1. The zero-order valence-electron chi connectivity index (χ0n) is 14.9. The van der Waals surface area contributed by atoms with Crippen LogP contribution in [0.5, 0.6) is 0 Å². The predicted octanol–water partition coefficient (Wildman–Crippen LogP) is 6.31. The van der Waals surface area contributed by atoms with Crippen molar-refractivity contribution in [3.8, 4) is 0 Å². The van der Waals surface area contributed by atoms with Crippen molar-refractivity contribution in [3.63, 3.8) is 0 Å². The Hall–Kier alpha value is -1.34. The molecule has 2 aromatic rings. The fourth-order valence-electron chi connectivity index (χ4n) is 3.16. The Balaban J connectivity index is 1.84. The highest BCUT2D eigenvalue weighted by molar-refractivity contribution is 7.80. The molecule has 8 heteroatoms. The molecule has 0 unspecified atom stereocenters. The highest BCUT2D eigenvalue weighted by Crippen LogP contribution is 2.37. The number of thiocarbonyl (C=S) groups is 1. The Morgan fingerprint density at radius 2 is 1.85 bits per heavy atom. The smallest absolute Gasteiger partial charge is 0.341 e. The molecule has 27 heavy (non-hydrogen) atoms. The molecule has 0 radical (unpaired) electrons. The Kier molecular flexibility index (Phi) is 6.98. The van der Waals surface area contributed by atoms with Gasteiger partial charge < -0.3 is 15.4 Å². The van der Waals surface area contributed by atoms with Gasteiger partial charge in [-0.3, -0.25) is 0 Å². The van der Waals surface area contributed by atoms with E-state index in [4.69, 9.17) is 40.2 Å². The Morgan fingerprint density at radius 3 is 2.56 bits per heavy atom. The standard InChI is InChI=1S/C19H20Cl2N2O2S2/c1-25-18(24)16-12-6-4-2-3-5-7-15(12)27-17(16)23-19(26)22-11-8-9-13(20)14(21)10-11/h8-10H,2-7H2,1H3,(H2,22,23,26). The zero-order chi connectivity index (χ0) is 19.4. The highest BCUT2D eigenvalue weighted by Gasteiger charge is 2.25. The van der Waals surface area contributed by atoms with Crippen LogP contribution in [0.25, 0.3) is 0 Å². The van der Waals surface area contributed by atoms with Crippen LogP contribution < -0.4 is 10.6 Å². The Morgan fingerprint density at radius 1 is 1.11 bits per heavy atom. The van der Waals surface area contributed by atoms with Crippen LogP contribution in [0.4, 0.5) is 10.7 Å². The molecule has 0 fully saturated rings. The van der Waals surface area contributed by atoms with E-state index < -0.39 is 0 Å². The summed E-state index contributed by atoms with van der Waals surface area (Å²) in [5.74, 6) is -0.326. The number of fused-ring (bicyclic) bond motifs is 1. The van der Waals surface area contributed by atoms with E-state index in [-0.39, 0.29) is 5.97 Å². The summed E-state index contributed by atoms with van der Waals surface area (Å²) in [7, 11) is 1.41. The van der Waals surface area contributed by atoms with Crippen LogP contribution in [0.3, 0.4) is 0 Å². The van der Waals surface area contributed by atoms with E-state index in [1.165, 1.54) is 24.8 Å². The fraction of sp³-hybridized carbons (Fsp3) is 0.368. The van der Waals surface area contributed by atoms with E-state index in [2.05, 4.69) is 10.6 Å². The van der Waals surface area contributed by atoms with Gasteiger partial charge in [0.15, 0.2) is 5.11 Å². The molecular formula is C19H20Cl2N2O2S2. The molecule has 0 saturated heterocycles. The van der Waals surface area contributed by atoms with Crippen molar-refractivity contribution in [2.24, 2.45) is 0 Å². The molecule has 3 rings (SSSR count). The lowest BCUT2D eigenvalue weighted by atomic mass is 9.96.